The van der Waals surface area contributed by atoms with Crippen molar-refractivity contribution in [2.45, 2.75) is 44.7 Å². The van der Waals surface area contributed by atoms with Crippen LogP contribution in [0, 0.1) is 5.82 Å². The van der Waals surface area contributed by atoms with E-state index < -0.39 is 21.9 Å². The monoisotopic (exact) mass is 479 g/mol. The molecule has 2 aromatic heterocycles. The molecule has 0 bridgehead atoms. The highest BCUT2D eigenvalue weighted by atomic mass is 35.5. The second-order valence-electron chi connectivity index (χ2n) is 7.75. The summed E-state index contributed by atoms with van der Waals surface area (Å²) in [4.78, 5) is 16.7. The minimum Gasteiger partial charge on any atom is -0.306 e. The molecular weight excluding hydrogens is 457 g/mol. The summed E-state index contributed by atoms with van der Waals surface area (Å²) in [7, 11) is -4.22. The van der Waals surface area contributed by atoms with Gasteiger partial charge in [-0.25, -0.2) is 13.9 Å². The molecule has 0 radical (unpaired) electrons. The highest BCUT2D eigenvalue weighted by Gasteiger charge is 2.24. The number of urea groups is 1. The zero-order valence-corrected chi connectivity index (χ0v) is 19.5. The van der Waals surface area contributed by atoms with E-state index in [1.807, 2.05) is 32.4 Å². The summed E-state index contributed by atoms with van der Waals surface area (Å²) >= 11 is 6.03. The van der Waals surface area contributed by atoms with E-state index in [0.717, 1.165) is 0 Å². The smallest absolute Gasteiger partial charge is 0.306 e. The maximum Gasteiger partial charge on any atom is 0.333 e. The number of benzene rings is 1. The van der Waals surface area contributed by atoms with Gasteiger partial charge in [-0.3, -0.25) is 9.67 Å². The van der Waals surface area contributed by atoms with Gasteiger partial charge in [-0.15, -0.1) is 0 Å². The normalized spacial score (nSPS) is 11.8. The Bertz CT molecular complexity index is 1260. The molecule has 2 amide bonds. The Morgan fingerprint density at radius 1 is 1.16 bits per heavy atom. The molecule has 3 aromatic rings. The first-order valence-electron chi connectivity index (χ1n) is 9.81. The van der Waals surface area contributed by atoms with Crippen molar-refractivity contribution in [2.24, 2.45) is 0 Å². The SMILES string of the molecule is CC(C)c1cc(F)cc(-c2cncc(Cl)c2)c1NC(=O)NS(=O)(=O)c1ccn(C(C)C)n1. The van der Waals surface area contributed by atoms with Crippen LogP contribution in [-0.2, 0) is 10.0 Å². The molecule has 170 valence electrons. The fraction of sp³-hybridized carbons (Fsp3) is 0.286. The Hall–Kier alpha value is -2.98. The molecule has 0 saturated carbocycles. The summed E-state index contributed by atoms with van der Waals surface area (Å²) in [6.07, 6.45) is 4.41. The standard InChI is InChI=1S/C21H23ClFN5O3S/c1-12(2)17-8-16(23)9-18(14-7-15(22)11-24-10-14)20(17)25-21(29)27-32(30,31)19-5-6-28(26-19)13(3)4/h5-13H,1-4H3,(H2,25,27,29). The molecule has 11 heteroatoms. The minimum absolute atomic E-state index is 0.0468. The topological polar surface area (TPSA) is 106 Å². The molecule has 1 aromatic carbocycles. The molecule has 0 aliphatic carbocycles. The molecule has 32 heavy (non-hydrogen) atoms. The number of hydrogen-bond acceptors (Lipinski definition) is 5. The van der Waals surface area contributed by atoms with Gasteiger partial charge < -0.3 is 5.32 Å². The van der Waals surface area contributed by atoms with E-state index in [4.69, 9.17) is 11.6 Å². The summed E-state index contributed by atoms with van der Waals surface area (Å²) < 4.78 is 43.0. The van der Waals surface area contributed by atoms with Crippen molar-refractivity contribution >= 4 is 33.3 Å². The van der Waals surface area contributed by atoms with E-state index in [0.29, 0.717) is 21.7 Å². The number of sulfonamides is 1. The number of nitrogens with zero attached hydrogens (tertiary/aromatic N) is 3. The average molecular weight is 480 g/mol. The van der Waals surface area contributed by atoms with Crippen LogP contribution in [0.5, 0.6) is 0 Å². The van der Waals surface area contributed by atoms with E-state index in [-0.39, 0.29) is 22.7 Å². The van der Waals surface area contributed by atoms with Gasteiger partial charge in [0, 0.05) is 35.8 Å². The van der Waals surface area contributed by atoms with E-state index in [2.05, 4.69) is 15.4 Å². The van der Waals surface area contributed by atoms with Crippen molar-refractivity contribution in [3.63, 3.8) is 0 Å². The number of rotatable bonds is 6. The Morgan fingerprint density at radius 2 is 1.88 bits per heavy atom. The van der Waals surface area contributed by atoms with Gasteiger partial charge in [0.05, 0.1) is 10.7 Å². The van der Waals surface area contributed by atoms with Gasteiger partial charge in [0.15, 0.2) is 5.03 Å². The van der Waals surface area contributed by atoms with Crippen molar-refractivity contribution in [3.8, 4) is 11.1 Å². The predicted octanol–water partition coefficient (Wildman–Crippen LogP) is 4.95. The highest BCUT2D eigenvalue weighted by molar-refractivity contribution is 7.90. The number of halogens is 2. The number of carbonyl (C=O) groups is 1. The lowest BCUT2D eigenvalue weighted by Gasteiger charge is -2.19. The van der Waals surface area contributed by atoms with Crippen LogP contribution in [0.2, 0.25) is 5.02 Å². The first-order valence-corrected chi connectivity index (χ1v) is 11.7. The number of anilines is 1. The fourth-order valence-corrected chi connectivity index (χ4v) is 4.09. The van der Waals surface area contributed by atoms with Gasteiger partial charge in [0.25, 0.3) is 10.0 Å². The molecule has 0 unspecified atom stereocenters. The largest absolute Gasteiger partial charge is 0.333 e. The van der Waals surface area contributed by atoms with E-state index in [1.165, 1.54) is 41.5 Å². The van der Waals surface area contributed by atoms with Gasteiger partial charge >= 0.3 is 6.03 Å². The third-order valence-corrected chi connectivity index (χ3v) is 6.05. The maximum absolute atomic E-state index is 14.4. The van der Waals surface area contributed by atoms with Gasteiger partial charge in [0.2, 0.25) is 0 Å². The molecule has 3 rings (SSSR count). The number of aromatic nitrogens is 3. The first-order chi connectivity index (χ1) is 15.0. The third kappa shape index (κ3) is 5.25. The van der Waals surface area contributed by atoms with E-state index in [9.17, 15) is 17.6 Å². The van der Waals surface area contributed by atoms with Crippen LogP contribution in [0.1, 0.15) is 45.2 Å². The molecule has 2 N–H and O–H groups in total. The summed E-state index contributed by atoms with van der Waals surface area (Å²) in [5.74, 6) is -0.688. The Labute approximate surface area is 190 Å². The van der Waals surface area contributed by atoms with Gasteiger partial charge in [0.1, 0.15) is 5.82 Å². The Kier molecular flexibility index (Phi) is 6.85. The number of amides is 2. The van der Waals surface area contributed by atoms with Crippen LogP contribution < -0.4 is 10.0 Å². The van der Waals surface area contributed by atoms with Crippen LogP contribution in [0.4, 0.5) is 14.9 Å². The molecule has 0 saturated heterocycles. The highest BCUT2D eigenvalue weighted by Crippen LogP contribution is 2.36. The zero-order valence-electron chi connectivity index (χ0n) is 17.9. The Balaban J connectivity index is 1.97. The summed E-state index contributed by atoms with van der Waals surface area (Å²) in [6, 6.07) is 4.35. The first kappa shape index (κ1) is 23.7. The van der Waals surface area contributed by atoms with E-state index >= 15 is 0 Å². The molecule has 0 spiro atoms. The van der Waals surface area contributed by atoms with Crippen LogP contribution in [-0.4, -0.2) is 29.2 Å². The van der Waals surface area contributed by atoms with Crippen LogP contribution >= 0.6 is 11.6 Å². The summed E-state index contributed by atoms with van der Waals surface area (Å²) in [5.41, 5.74) is 1.52. The van der Waals surface area contributed by atoms with Crippen molar-refractivity contribution < 1.29 is 17.6 Å². The molecule has 0 aliphatic rings. The van der Waals surface area contributed by atoms with Crippen molar-refractivity contribution in [3.05, 3.63) is 59.3 Å². The third-order valence-electron chi connectivity index (χ3n) is 4.63. The second-order valence-corrected chi connectivity index (χ2v) is 9.82. The number of hydrogen-bond donors (Lipinski definition) is 2. The summed E-state index contributed by atoms with van der Waals surface area (Å²) in [5, 5.41) is 6.59. The molecule has 0 fully saturated rings. The van der Waals surface area contributed by atoms with E-state index in [1.54, 1.807) is 6.07 Å². The molecular formula is C21H23ClFN5O3S. The maximum atomic E-state index is 14.4. The minimum atomic E-state index is -4.22. The molecule has 2 heterocycles. The average Bonchev–Trinajstić information content (AvgIpc) is 3.20. The molecule has 8 nitrogen and oxygen atoms in total. The summed E-state index contributed by atoms with van der Waals surface area (Å²) in [6.45, 7) is 7.34. The lowest BCUT2D eigenvalue weighted by molar-refractivity contribution is 0.256. The number of nitrogens with one attached hydrogen (secondary N) is 2. The van der Waals surface area contributed by atoms with Gasteiger partial charge in [-0.05, 0) is 49.6 Å². The zero-order chi connectivity index (χ0) is 23.6. The lowest BCUT2D eigenvalue weighted by Crippen LogP contribution is -2.35. The molecule has 0 aliphatic heterocycles. The number of carbonyl (C=O) groups excluding carboxylic acids is 1. The van der Waals surface area contributed by atoms with Crippen molar-refractivity contribution in [2.75, 3.05) is 5.32 Å². The van der Waals surface area contributed by atoms with Crippen LogP contribution in [0.3, 0.4) is 0 Å². The quantitative estimate of drug-likeness (QED) is 0.520. The predicted molar refractivity (Wildman–Crippen MR) is 121 cm³/mol. The number of pyridine rings is 1. The molecule has 0 atom stereocenters. The van der Waals surface area contributed by atoms with Crippen molar-refractivity contribution in [1.29, 1.82) is 0 Å². The fourth-order valence-electron chi connectivity index (χ4n) is 3.07. The van der Waals surface area contributed by atoms with Crippen LogP contribution in [0.25, 0.3) is 11.1 Å². The van der Waals surface area contributed by atoms with Crippen molar-refractivity contribution in [1.82, 2.24) is 19.5 Å². The van der Waals surface area contributed by atoms with Crippen LogP contribution in [0.15, 0.2) is 47.9 Å². The van der Waals surface area contributed by atoms with Gasteiger partial charge in [-0.2, -0.15) is 13.5 Å². The second kappa shape index (κ2) is 9.25. The van der Waals surface area contributed by atoms with Gasteiger partial charge in [-0.1, -0.05) is 25.4 Å². The lowest BCUT2D eigenvalue weighted by atomic mass is 9.94. The Morgan fingerprint density at radius 3 is 2.47 bits per heavy atom.